The molecular formula is C74H56N2. The zero-order valence-electron chi connectivity index (χ0n) is 42.5. The predicted octanol–water partition coefficient (Wildman–Crippen LogP) is 19.6. The molecule has 0 amide bonds. The summed E-state index contributed by atoms with van der Waals surface area (Å²) in [4.78, 5) is 4.82. The number of fused-ring (bicyclic) bond motifs is 3. The van der Waals surface area contributed by atoms with Gasteiger partial charge in [0.15, 0.2) is 0 Å². The van der Waals surface area contributed by atoms with Gasteiger partial charge in [0.05, 0.1) is 11.1 Å². The molecule has 76 heavy (non-hydrogen) atoms. The first kappa shape index (κ1) is 46.3. The second-order valence-electron chi connectivity index (χ2n) is 20.3. The molecule has 362 valence electrons. The van der Waals surface area contributed by atoms with Crippen LogP contribution >= 0.6 is 0 Å². The number of allylic oxidation sites excluding steroid dienone is 4. The van der Waals surface area contributed by atoms with Crippen LogP contribution in [0.2, 0.25) is 0 Å². The highest BCUT2D eigenvalue weighted by atomic mass is 15.2. The molecule has 2 aliphatic rings. The maximum atomic E-state index is 2.49. The Labute approximate surface area is 447 Å². The summed E-state index contributed by atoms with van der Waals surface area (Å²) in [5.41, 5.74) is 20.6. The molecular weight excluding hydrogens is 917 g/mol. The molecule has 11 aromatic carbocycles. The molecule has 0 saturated heterocycles. The van der Waals surface area contributed by atoms with Crippen LogP contribution in [0.15, 0.2) is 315 Å². The van der Waals surface area contributed by atoms with E-state index in [1.807, 2.05) is 0 Å². The maximum Gasteiger partial charge on any atom is 0.0549 e. The summed E-state index contributed by atoms with van der Waals surface area (Å²) in [5, 5.41) is 0. The number of hydrogen-bond acceptors (Lipinski definition) is 2. The van der Waals surface area contributed by atoms with E-state index in [0.717, 1.165) is 50.7 Å². The number of rotatable bonds is 12. The van der Waals surface area contributed by atoms with Crippen molar-refractivity contribution in [3.63, 3.8) is 0 Å². The second kappa shape index (κ2) is 19.7. The maximum absolute atomic E-state index is 2.49. The Morgan fingerprint density at radius 1 is 0.303 bits per heavy atom. The number of nitrogens with zero attached hydrogens (tertiary/aromatic N) is 2. The van der Waals surface area contributed by atoms with Crippen molar-refractivity contribution in [2.75, 3.05) is 9.80 Å². The van der Waals surface area contributed by atoms with Gasteiger partial charge in [0.25, 0.3) is 0 Å². The third-order valence-corrected chi connectivity index (χ3v) is 15.9. The molecule has 0 bridgehead atoms. The van der Waals surface area contributed by atoms with Crippen LogP contribution < -0.4 is 9.80 Å². The molecule has 2 aliphatic carbocycles. The Morgan fingerprint density at radius 2 is 0.658 bits per heavy atom. The lowest BCUT2D eigenvalue weighted by molar-refractivity contribution is 0.367. The summed E-state index contributed by atoms with van der Waals surface area (Å²) in [6, 6.07) is 106. The average Bonchev–Trinajstić information content (AvgIpc) is 3.85. The lowest BCUT2D eigenvalue weighted by atomic mass is 9.60. The smallest absolute Gasteiger partial charge is 0.0549 e. The SMILES string of the molecule is CC12C=CC=CC1C(c1ccccc1)(c1ccccc1)c1c(N(c3ccccc3)c3ccc(-c4cc(-c5ccccc5)cc(-c5ccc(N(c6ccccc6)c6ccc(-c7ccccc7)cc6)cc5)c4)cc3)cccc12. The molecule has 2 atom stereocenters. The van der Waals surface area contributed by atoms with Gasteiger partial charge in [-0.15, -0.1) is 0 Å². The first-order valence-electron chi connectivity index (χ1n) is 26.4. The monoisotopic (exact) mass is 972 g/mol. The Balaban J connectivity index is 0.911. The Bertz CT molecular complexity index is 3790. The van der Waals surface area contributed by atoms with E-state index in [1.54, 1.807) is 0 Å². The van der Waals surface area contributed by atoms with Gasteiger partial charge in [-0.1, -0.05) is 237 Å². The average molecular weight is 973 g/mol. The van der Waals surface area contributed by atoms with Gasteiger partial charge in [-0.3, -0.25) is 0 Å². The first-order valence-corrected chi connectivity index (χ1v) is 26.4. The number of anilines is 6. The number of hydrogen-bond donors (Lipinski definition) is 0. The van der Waals surface area contributed by atoms with Crippen molar-refractivity contribution in [1.82, 2.24) is 0 Å². The zero-order chi connectivity index (χ0) is 50.9. The summed E-state index contributed by atoms with van der Waals surface area (Å²) >= 11 is 0. The summed E-state index contributed by atoms with van der Waals surface area (Å²) in [7, 11) is 0. The Kier molecular flexibility index (Phi) is 12.0. The molecule has 0 saturated carbocycles. The summed E-state index contributed by atoms with van der Waals surface area (Å²) < 4.78 is 0. The molecule has 2 nitrogen and oxygen atoms in total. The van der Waals surface area contributed by atoms with Gasteiger partial charge in [0, 0.05) is 39.8 Å². The number of benzene rings is 11. The van der Waals surface area contributed by atoms with Crippen LogP contribution in [0.3, 0.4) is 0 Å². The minimum Gasteiger partial charge on any atom is -0.311 e. The summed E-state index contributed by atoms with van der Waals surface area (Å²) in [6.07, 6.45) is 9.40. The fraction of sp³-hybridized carbons (Fsp3) is 0.0541. The second-order valence-corrected chi connectivity index (χ2v) is 20.3. The minimum atomic E-state index is -0.488. The summed E-state index contributed by atoms with van der Waals surface area (Å²) in [5.74, 6) is 0.133. The van der Waals surface area contributed by atoms with Gasteiger partial charge in [0.1, 0.15) is 0 Å². The van der Waals surface area contributed by atoms with Crippen molar-refractivity contribution in [2.24, 2.45) is 5.92 Å². The Morgan fingerprint density at radius 3 is 1.12 bits per heavy atom. The van der Waals surface area contributed by atoms with Crippen LogP contribution in [-0.2, 0) is 10.8 Å². The van der Waals surface area contributed by atoms with Gasteiger partial charge >= 0.3 is 0 Å². The Hall–Kier alpha value is -9.50. The molecule has 2 heteroatoms. The molecule has 0 aliphatic heterocycles. The predicted molar refractivity (Wildman–Crippen MR) is 319 cm³/mol. The van der Waals surface area contributed by atoms with Crippen LogP contribution in [0.4, 0.5) is 34.1 Å². The number of para-hydroxylation sites is 2. The summed E-state index contributed by atoms with van der Waals surface area (Å²) in [6.45, 7) is 2.44. The van der Waals surface area contributed by atoms with Crippen LogP contribution in [-0.4, -0.2) is 0 Å². The zero-order valence-corrected chi connectivity index (χ0v) is 42.5. The van der Waals surface area contributed by atoms with Crippen molar-refractivity contribution < 1.29 is 0 Å². The van der Waals surface area contributed by atoms with Crippen LogP contribution in [0.5, 0.6) is 0 Å². The van der Waals surface area contributed by atoms with Gasteiger partial charge in [-0.05, 0) is 152 Å². The molecule has 11 aromatic rings. The normalized spacial score (nSPS) is 15.9. The standard InChI is InChI=1S/C74H56N2/c1-73-50-21-20-37-71(73)74(62-27-12-4-13-28-62,63-29-14-5-15-30-63)72-69(73)35-22-36-70(72)76(65-33-18-7-19-34-65)68-48-42-58(43-49-68)61-52-59(55-25-10-3-11-26-55)51-60(53-61)57-40-46-67(47-41-57)75(64-31-16-6-17-32-64)66-44-38-56(39-45-66)54-23-8-2-9-24-54/h2-53,71H,1H3. The third-order valence-electron chi connectivity index (χ3n) is 15.9. The highest BCUT2D eigenvalue weighted by Gasteiger charge is 2.59. The van der Waals surface area contributed by atoms with Crippen molar-refractivity contribution in [1.29, 1.82) is 0 Å². The molecule has 0 aromatic heterocycles. The van der Waals surface area contributed by atoms with E-state index in [9.17, 15) is 0 Å². The van der Waals surface area contributed by atoms with Crippen molar-refractivity contribution in [3.8, 4) is 44.5 Å². The first-order chi connectivity index (χ1) is 37.6. The fourth-order valence-corrected chi connectivity index (χ4v) is 12.4. The van der Waals surface area contributed by atoms with Gasteiger partial charge in [-0.2, -0.15) is 0 Å². The highest BCUT2D eigenvalue weighted by Crippen LogP contribution is 2.65. The van der Waals surface area contributed by atoms with Crippen LogP contribution in [0, 0.1) is 5.92 Å². The van der Waals surface area contributed by atoms with E-state index < -0.39 is 5.41 Å². The lowest BCUT2D eigenvalue weighted by Gasteiger charge is -2.43. The molecule has 0 heterocycles. The van der Waals surface area contributed by atoms with E-state index >= 15 is 0 Å². The van der Waals surface area contributed by atoms with Gasteiger partial charge in [-0.25, -0.2) is 0 Å². The van der Waals surface area contributed by atoms with Gasteiger partial charge in [0.2, 0.25) is 0 Å². The van der Waals surface area contributed by atoms with E-state index in [1.165, 1.54) is 50.2 Å². The minimum absolute atomic E-state index is 0.133. The molecule has 0 radical (unpaired) electrons. The van der Waals surface area contributed by atoms with E-state index in [-0.39, 0.29) is 11.3 Å². The topological polar surface area (TPSA) is 6.48 Å². The fourth-order valence-electron chi connectivity index (χ4n) is 12.4. The van der Waals surface area contributed by atoms with Crippen LogP contribution in [0.25, 0.3) is 44.5 Å². The van der Waals surface area contributed by atoms with Crippen molar-refractivity contribution in [2.45, 2.75) is 17.8 Å². The molecule has 13 rings (SSSR count). The third kappa shape index (κ3) is 8.16. The molecule has 2 unspecified atom stereocenters. The van der Waals surface area contributed by atoms with E-state index in [2.05, 4.69) is 332 Å². The van der Waals surface area contributed by atoms with Crippen molar-refractivity contribution >= 4 is 34.1 Å². The van der Waals surface area contributed by atoms with Crippen molar-refractivity contribution in [3.05, 3.63) is 338 Å². The van der Waals surface area contributed by atoms with E-state index in [4.69, 9.17) is 0 Å². The van der Waals surface area contributed by atoms with Gasteiger partial charge < -0.3 is 9.80 Å². The molecule has 0 spiro atoms. The quantitative estimate of drug-likeness (QED) is 0.120. The molecule has 0 fully saturated rings. The lowest BCUT2D eigenvalue weighted by Crippen LogP contribution is -2.40. The van der Waals surface area contributed by atoms with E-state index in [0.29, 0.717) is 0 Å². The van der Waals surface area contributed by atoms with Crippen LogP contribution in [0.1, 0.15) is 29.2 Å². The highest BCUT2D eigenvalue weighted by molar-refractivity contribution is 5.87. The largest absolute Gasteiger partial charge is 0.311 e. The molecule has 0 N–H and O–H groups in total.